The van der Waals surface area contributed by atoms with Crippen LogP contribution >= 0.6 is 0 Å². The molecule has 0 bridgehead atoms. The van der Waals surface area contributed by atoms with E-state index in [9.17, 15) is 14.0 Å². The summed E-state index contributed by atoms with van der Waals surface area (Å²) in [5, 5.41) is 9.16. The molecule has 0 unspecified atom stereocenters. The summed E-state index contributed by atoms with van der Waals surface area (Å²) in [4.78, 5) is 28.4. The lowest BCUT2D eigenvalue weighted by molar-refractivity contribution is -0.148. The van der Waals surface area contributed by atoms with Crippen molar-refractivity contribution in [3.8, 4) is 0 Å². The van der Waals surface area contributed by atoms with Crippen LogP contribution in [0, 0.1) is 11.7 Å². The fourth-order valence-corrected chi connectivity index (χ4v) is 3.46. The van der Waals surface area contributed by atoms with Crippen LogP contribution in [0.1, 0.15) is 38.3 Å². The van der Waals surface area contributed by atoms with E-state index in [2.05, 4.69) is 0 Å². The van der Waals surface area contributed by atoms with Gasteiger partial charge in [0, 0.05) is 31.6 Å². The molecule has 2 atom stereocenters. The summed E-state index contributed by atoms with van der Waals surface area (Å²) in [7, 11) is 0. The zero-order valence-corrected chi connectivity index (χ0v) is 14.2. The zero-order chi connectivity index (χ0) is 17.7. The second kappa shape index (κ2) is 8.24. The number of hydrogen-bond donors (Lipinski definition) is 1. The first-order valence-corrected chi connectivity index (χ1v) is 8.48. The fraction of sp³-hybridized carbons (Fsp3) is 0.556. The summed E-state index contributed by atoms with van der Waals surface area (Å²) in [6, 6.07) is 5.72. The normalized spacial score (nSPS) is 21.0. The van der Waals surface area contributed by atoms with Gasteiger partial charge in [-0.3, -0.25) is 9.59 Å². The molecule has 0 spiro atoms. The standard InChI is InChI=1S/C18H25FN2O3/c1-3-20(11-12-22)18(24)14-9-10-16(23)21(4-2)17(14)13-7-5-6-8-15(13)19/h5-8,14,17,22H,3-4,9-12H2,1-2H3/t14-,17+/m1/s1. The Morgan fingerprint density at radius 1 is 1.38 bits per heavy atom. The van der Waals surface area contributed by atoms with Gasteiger partial charge in [0.2, 0.25) is 11.8 Å². The molecule has 0 aromatic heterocycles. The number of likely N-dealkylation sites (tertiary alicyclic amines) is 1. The molecule has 0 saturated carbocycles. The highest BCUT2D eigenvalue weighted by atomic mass is 19.1. The number of likely N-dealkylation sites (N-methyl/N-ethyl adjacent to an activating group) is 1. The molecule has 2 amide bonds. The molecule has 1 fully saturated rings. The number of carbonyl (C=O) groups is 2. The average Bonchev–Trinajstić information content (AvgIpc) is 2.59. The summed E-state index contributed by atoms with van der Waals surface area (Å²) in [6.07, 6.45) is 0.682. The Morgan fingerprint density at radius 2 is 2.08 bits per heavy atom. The van der Waals surface area contributed by atoms with Crippen LogP contribution in [0.15, 0.2) is 24.3 Å². The lowest BCUT2D eigenvalue weighted by Gasteiger charge is -2.42. The van der Waals surface area contributed by atoms with E-state index in [0.29, 0.717) is 25.1 Å². The van der Waals surface area contributed by atoms with Gasteiger partial charge < -0.3 is 14.9 Å². The van der Waals surface area contributed by atoms with Crippen LogP contribution in [0.25, 0.3) is 0 Å². The quantitative estimate of drug-likeness (QED) is 0.864. The molecule has 1 aliphatic heterocycles. The van der Waals surface area contributed by atoms with Gasteiger partial charge in [0.05, 0.1) is 18.6 Å². The van der Waals surface area contributed by atoms with Crippen molar-refractivity contribution in [3.05, 3.63) is 35.6 Å². The highest BCUT2D eigenvalue weighted by Crippen LogP contribution is 2.38. The molecule has 5 nitrogen and oxygen atoms in total. The number of piperidine rings is 1. The lowest BCUT2D eigenvalue weighted by Crippen LogP contribution is -2.49. The number of hydrogen-bond acceptors (Lipinski definition) is 3. The largest absolute Gasteiger partial charge is 0.395 e. The molecule has 1 aliphatic rings. The van der Waals surface area contributed by atoms with Gasteiger partial charge in [0.15, 0.2) is 0 Å². The Kier molecular flexibility index (Phi) is 6.31. The topological polar surface area (TPSA) is 60.9 Å². The molecule has 2 rings (SSSR count). The number of carbonyl (C=O) groups excluding carboxylic acids is 2. The van der Waals surface area contributed by atoms with Crippen molar-refractivity contribution in [2.75, 3.05) is 26.2 Å². The second-order valence-electron chi connectivity index (χ2n) is 5.93. The molecule has 1 saturated heterocycles. The van der Waals surface area contributed by atoms with Crippen LogP contribution in [-0.4, -0.2) is 53.0 Å². The van der Waals surface area contributed by atoms with E-state index >= 15 is 0 Å². The Bertz CT molecular complexity index is 593. The van der Waals surface area contributed by atoms with Crippen LogP contribution in [0.4, 0.5) is 4.39 Å². The van der Waals surface area contributed by atoms with Crippen molar-refractivity contribution in [2.45, 2.75) is 32.7 Å². The van der Waals surface area contributed by atoms with E-state index in [1.165, 1.54) is 6.07 Å². The number of rotatable bonds is 6. The smallest absolute Gasteiger partial charge is 0.228 e. The number of benzene rings is 1. The monoisotopic (exact) mass is 336 g/mol. The van der Waals surface area contributed by atoms with E-state index in [4.69, 9.17) is 5.11 Å². The van der Waals surface area contributed by atoms with E-state index in [1.807, 2.05) is 13.8 Å². The molecule has 6 heteroatoms. The molecule has 132 valence electrons. The molecule has 1 heterocycles. The second-order valence-corrected chi connectivity index (χ2v) is 5.93. The number of amides is 2. The Balaban J connectivity index is 2.42. The van der Waals surface area contributed by atoms with Gasteiger partial charge >= 0.3 is 0 Å². The third-order valence-electron chi connectivity index (χ3n) is 4.65. The predicted octanol–water partition coefficient (Wildman–Crippen LogP) is 1.97. The van der Waals surface area contributed by atoms with E-state index in [0.717, 1.165) is 0 Å². The van der Waals surface area contributed by atoms with Crippen LogP contribution < -0.4 is 0 Å². The van der Waals surface area contributed by atoms with Crippen molar-refractivity contribution < 1.29 is 19.1 Å². The Morgan fingerprint density at radius 3 is 2.67 bits per heavy atom. The summed E-state index contributed by atoms with van der Waals surface area (Å²) < 4.78 is 14.4. The highest BCUT2D eigenvalue weighted by molar-refractivity contribution is 5.85. The maximum atomic E-state index is 14.4. The first kappa shape index (κ1) is 18.4. The summed E-state index contributed by atoms with van der Waals surface area (Å²) >= 11 is 0. The fourth-order valence-electron chi connectivity index (χ4n) is 3.46. The van der Waals surface area contributed by atoms with E-state index in [-0.39, 0.29) is 31.4 Å². The van der Waals surface area contributed by atoms with Crippen LogP contribution in [0.3, 0.4) is 0 Å². The minimum absolute atomic E-state index is 0.0555. The minimum atomic E-state index is -0.599. The first-order valence-electron chi connectivity index (χ1n) is 8.48. The van der Waals surface area contributed by atoms with Gasteiger partial charge in [0.25, 0.3) is 0 Å². The third-order valence-corrected chi connectivity index (χ3v) is 4.65. The van der Waals surface area contributed by atoms with Crippen molar-refractivity contribution in [1.82, 2.24) is 9.80 Å². The van der Waals surface area contributed by atoms with E-state index < -0.39 is 17.8 Å². The molecule has 24 heavy (non-hydrogen) atoms. The molecular formula is C18H25FN2O3. The summed E-state index contributed by atoms with van der Waals surface area (Å²) in [6.45, 7) is 4.71. The average molecular weight is 336 g/mol. The van der Waals surface area contributed by atoms with Gasteiger partial charge in [-0.25, -0.2) is 4.39 Å². The zero-order valence-electron chi connectivity index (χ0n) is 14.2. The lowest BCUT2D eigenvalue weighted by atomic mass is 9.83. The molecule has 1 aromatic rings. The number of aliphatic hydroxyl groups is 1. The van der Waals surface area contributed by atoms with Crippen molar-refractivity contribution in [3.63, 3.8) is 0 Å². The summed E-state index contributed by atoms with van der Waals surface area (Å²) in [5.74, 6) is -1.09. The first-order chi connectivity index (χ1) is 11.5. The minimum Gasteiger partial charge on any atom is -0.395 e. The van der Waals surface area contributed by atoms with E-state index in [1.54, 1.807) is 28.0 Å². The number of nitrogens with zero attached hydrogens (tertiary/aromatic N) is 2. The van der Waals surface area contributed by atoms with Crippen LogP contribution in [0.5, 0.6) is 0 Å². The number of halogens is 1. The van der Waals surface area contributed by atoms with Gasteiger partial charge in [0.1, 0.15) is 5.82 Å². The maximum absolute atomic E-state index is 14.4. The number of aliphatic hydroxyl groups excluding tert-OH is 1. The third kappa shape index (κ3) is 3.59. The highest BCUT2D eigenvalue weighted by Gasteiger charge is 2.42. The van der Waals surface area contributed by atoms with Gasteiger partial charge in [-0.2, -0.15) is 0 Å². The molecule has 1 N–H and O–H groups in total. The van der Waals surface area contributed by atoms with Gasteiger partial charge in [-0.1, -0.05) is 18.2 Å². The van der Waals surface area contributed by atoms with Crippen molar-refractivity contribution in [2.24, 2.45) is 5.92 Å². The predicted molar refractivity (Wildman–Crippen MR) is 88.6 cm³/mol. The maximum Gasteiger partial charge on any atom is 0.228 e. The molecule has 0 radical (unpaired) electrons. The van der Waals surface area contributed by atoms with Gasteiger partial charge in [-0.05, 0) is 26.3 Å². The van der Waals surface area contributed by atoms with Gasteiger partial charge in [-0.15, -0.1) is 0 Å². The van der Waals surface area contributed by atoms with Crippen LogP contribution in [-0.2, 0) is 9.59 Å². The molecule has 1 aromatic carbocycles. The summed E-state index contributed by atoms with van der Waals surface area (Å²) in [5.41, 5.74) is 0.380. The molecule has 0 aliphatic carbocycles. The van der Waals surface area contributed by atoms with Crippen LogP contribution in [0.2, 0.25) is 0 Å². The van der Waals surface area contributed by atoms with Crippen molar-refractivity contribution >= 4 is 11.8 Å². The Hall–Kier alpha value is -1.95. The SMILES string of the molecule is CCN(CCO)C(=O)[C@@H]1CCC(=O)N(CC)[C@H]1c1ccccc1F. The Labute approximate surface area is 142 Å². The molecular weight excluding hydrogens is 311 g/mol. The van der Waals surface area contributed by atoms with Crippen molar-refractivity contribution in [1.29, 1.82) is 0 Å².